The molecule has 3 rings (SSSR count). The maximum absolute atomic E-state index is 2.40. The molecule has 0 atom stereocenters. The Labute approximate surface area is 152 Å². The summed E-state index contributed by atoms with van der Waals surface area (Å²) in [5.41, 5.74) is 9.54. The fraction of sp³-hybridized carbons (Fsp3) is 0.375. The standard InChI is InChI=1S/C24H30N/c1-15-9-10-19-13-17(3)25(8)23(22(19)11-15)21-14-20(24(5,6)7)12-16(2)18(21)4/h9-14H,1-8H3/q+1. The van der Waals surface area contributed by atoms with E-state index in [0.29, 0.717) is 0 Å². The SMILES string of the molecule is Cc1ccc2cc(C)[n+](C)c(-c3cc(C(C)(C)C)cc(C)c3C)c2c1. The number of hydrogen-bond acceptors (Lipinski definition) is 0. The normalized spacial score (nSPS) is 12.0. The molecule has 0 radical (unpaired) electrons. The molecule has 0 aliphatic carbocycles. The lowest BCUT2D eigenvalue weighted by atomic mass is 9.82. The van der Waals surface area contributed by atoms with Gasteiger partial charge < -0.3 is 0 Å². The Balaban J connectivity index is 2.46. The first-order valence-electron chi connectivity index (χ1n) is 9.11. The summed E-state index contributed by atoms with van der Waals surface area (Å²) in [6.45, 7) is 15.7. The summed E-state index contributed by atoms with van der Waals surface area (Å²) in [6.07, 6.45) is 0. The first kappa shape index (κ1) is 17.7. The largest absolute Gasteiger partial charge is 0.220 e. The van der Waals surface area contributed by atoms with Crippen LogP contribution in [0.4, 0.5) is 0 Å². The molecule has 0 bridgehead atoms. The molecular formula is C24H30N+. The van der Waals surface area contributed by atoms with Crippen molar-refractivity contribution in [3.63, 3.8) is 0 Å². The van der Waals surface area contributed by atoms with Crippen LogP contribution in [-0.2, 0) is 12.5 Å². The van der Waals surface area contributed by atoms with E-state index in [-0.39, 0.29) is 5.41 Å². The van der Waals surface area contributed by atoms with Gasteiger partial charge in [-0.15, -0.1) is 0 Å². The molecule has 0 amide bonds. The molecule has 3 aromatic rings. The van der Waals surface area contributed by atoms with Crippen LogP contribution in [0.3, 0.4) is 0 Å². The molecule has 0 aliphatic rings. The Morgan fingerprint density at radius 2 is 1.52 bits per heavy atom. The molecule has 0 fully saturated rings. The van der Waals surface area contributed by atoms with E-state index in [1.54, 1.807) is 0 Å². The summed E-state index contributed by atoms with van der Waals surface area (Å²) >= 11 is 0. The van der Waals surface area contributed by atoms with E-state index in [0.717, 1.165) is 0 Å². The second-order valence-electron chi connectivity index (χ2n) is 8.50. The Bertz CT molecular complexity index is 972. The minimum atomic E-state index is 0.140. The van der Waals surface area contributed by atoms with Crippen molar-refractivity contribution in [3.8, 4) is 11.3 Å². The van der Waals surface area contributed by atoms with Crippen LogP contribution in [-0.4, -0.2) is 0 Å². The Morgan fingerprint density at radius 3 is 2.16 bits per heavy atom. The topological polar surface area (TPSA) is 3.88 Å². The van der Waals surface area contributed by atoms with E-state index in [2.05, 4.69) is 96.5 Å². The molecule has 0 N–H and O–H groups in total. The van der Waals surface area contributed by atoms with Gasteiger partial charge in [0.25, 0.3) is 0 Å². The first-order valence-corrected chi connectivity index (χ1v) is 9.11. The van der Waals surface area contributed by atoms with Gasteiger partial charge in [0.05, 0.1) is 10.9 Å². The molecule has 130 valence electrons. The van der Waals surface area contributed by atoms with Crippen molar-refractivity contribution >= 4 is 10.8 Å². The maximum atomic E-state index is 2.40. The fourth-order valence-electron chi connectivity index (χ4n) is 3.54. The highest BCUT2D eigenvalue weighted by Gasteiger charge is 2.23. The third kappa shape index (κ3) is 3.08. The molecule has 1 aromatic heterocycles. The van der Waals surface area contributed by atoms with Crippen molar-refractivity contribution in [1.82, 2.24) is 0 Å². The number of aromatic nitrogens is 1. The second-order valence-corrected chi connectivity index (χ2v) is 8.50. The van der Waals surface area contributed by atoms with Crippen molar-refractivity contribution in [2.45, 2.75) is 53.9 Å². The number of pyridine rings is 1. The van der Waals surface area contributed by atoms with Gasteiger partial charge in [0.15, 0.2) is 5.69 Å². The summed E-state index contributed by atoms with van der Waals surface area (Å²) in [6, 6.07) is 13.8. The van der Waals surface area contributed by atoms with E-state index in [4.69, 9.17) is 0 Å². The van der Waals surface area contributed by atoms with Crippen LogP contribution in [0.1, 0.15) is 48.7 Å². The zero-order valence-corrected chi connectivity index (χ0v) is 16.9. The summed E-state index contributed by atoms with van der Waals surface area (Å²) in [7, 11) is 2.19. The molecule has 1 nitrogen and oxygen atoms in total. The molecule has 2 aromatic carbocycles. The van der Waals surface area contributed by atoms with Crippen molar-refractivity contribution in [2.24, 2.45) is 7.05 Å². The average molecular weight is 333 g/mol. The van der Waals surface area contributed by atoms with Gasteiger partial charge in [-0.25, -0.2) is 0 Å². The Morgan fingerprint density at radius 1 is 0.840 bits per heavy atom. The van der Waals surface area contributed by atoms with Crippen LogP contribution in [0.2, 0.25) is 0 Å². The van der Waals surface area contributed by atoms with Gasteiger partial charge in [-0.05, 0) is 60.4 Å². The number of aryl methyl sites for hydroxylation is 3. The summed E-state index contributed by atoms with van der Waals surface area (Å²) in [5, 5.41) is 2.65. The molecule has 0 spiro atoms. The first-order chi connectivity index (χ1) is 11.6. The molecule has 0 saturated carbocycles. The van der Waals surface area contributed by atoms with Crippen LogP contribution in [0.5, 0.6) is 0 Å². The molecular weight excluding hydrogens is 302 g/mol. The highest BCUT2D eigenvalue weighted by Crippen LogP contribution is 2.34. The number of rotatable bonds is 1. The smallest absolute Gasteiger partial charge is 0.198 e. The molecule has 0 unspecified atom stereocenters. The highest BCUT2D eigenvalue weighted by atomic mass is 14.9. The lowest BCUT2D eigenvalue weighted by Crippen LogP contribution is -2.35. The van der Waals surface area contributed by atoms with Crippen LogP contribution < -0.4 is 4.57 Å². The van der Waals surface area contributed by atoms with Gasteiger partial charge in [0.2, 0.25) is 5.69 Å². The summed E-state index contributed by atoms with van der Waals surface area (Å²) in [4.78, 5) is 0. The number of fused-ring (bicyclic) bond motifs is 1. The molecule has 1 heterocycles. The average Bonchev–Trinajstić information content (AvgIpc) is 2.51. The van der Waals surface area contributed by atoms with Crippen LogP contribution >= 0.6 is 0 Å². The van der Waals surface area contributed by atoms with Crippen LogP contribution in [0.15, 0.2) is 36.4 Å². The van der Waals surface area contributed by atoms with Crippen LogP contribution in [0.25, 0.3) is 22.0 Å². The Hall–Kier alpha value is -2.15. The molecule has 0 aliphatic heterocycles. The number of benzene rings is 2. The van der Waals surface area contributed by atoms with E-state index >= 15 is 0 Å². The van der Waals surface area contributed by atoms with Crippen molar-refractivity contribution < 1.29 is 4.57 Å². The van der Waals surface area contributed by atoms with Gasteiger partial charge in [-0.1, -0.05) is 44.5 Å². The van der Waals surface area contributed by atoms with Gasteiger partial charge in [-0.2, -0.15) is 4.57 Å². The highest BCUT2D eigenvalue weighted by molar-refractivity contribution is 5.94. The second kappa shape index (κ2) is 5.98. The zero-order chi connectivity index (χ0) is 18.5. The minimum Gasteiger partial charge on any atom is -0.198 e. The third-order valence-electron chi connectivity index (χ3n) is 5.48. The number of hydrogen-bond donors (Lipinski definition) is 0. The maximum Gasteiger partial charge on any atom is 0.220 e. The summed E-state index contributed by atoms with van der Waals surface area (Å²) in [5.74, 6) is 0. The van der Waals surface area contributed by atoms with Gasteiger partial charge in [0.1, 0.15) is 7.05 Å². The number of nitrogens with zero attached hydrogens (tertiary/aromatic N) is 1. The van der Waals surface area contributed by atoms with E-state index < -0.39 is 0 Å². The van der Waals surface area contributed by atoms with Gasteiger partial charge in [0, 0.05) is 13.0 Å². The minimum absolute atomic E-state index is 0.140. The molecule has 25 heavy (non-hydrogen) atoms. The lowest BCUT2D eigenvalue weighted by molar-refractivity contribution is -0.665. The monoisotopic (exact) mass is 332 g/mol. The third-order valence-corrected chi connectivity index (χ3v) is 5.48. The van der Waals surface area contributed by atoms with Crippen LogP contribution in [0, 0.1) is 27.7 Å². The van der Waals surface area contributed by atoms with Gasteiger partial charge in [-0.3, -0.25) is 0 Å². The predicted octanol–water partition coefficient (Wildman–Crippen LogP) is 5.86. The van der Waals surface area contributed by atoms with Crippen molar-refractivity contribution in [2.75, 3.05) is 0 Å². The quantitative estimate of drug-likeness (QED) is 0.491. The van der Waals surface area contributed by atoms with E-state index in [1.165, 1.54) is 50.0 Å². The fourth-order valence-corrected chi connectivity index (χ4v) is 3.54. The lowest BCUT2D eigenvalue weighted by Gasteiger charge is -2.22. The summed E-state index contributed by atoms with van der Waals surface area (Å²) < 4.78 is 2.34. The molecule has 1 heteroatoms. The Kier molecular flexibility index (Phi) is 4.23. The van der Waals surface area contributed by atoms with Crippen molar-refractivity contribution in [3.05, 3.63) is 64.3 Å². The van der Waals surface area contributed by atoms with Crippen molar-refractivity contribution in [1.29, 1.82) is 0 Å². The van der Waals surface area contributed by atoms with E-state index in [9.17, 15) is 0 Å². The predicted molar refractivity (Wildman–Crippen MR) is 108 cm³/mol. The van der Waals surface area contributed by atoms with Gasteiger partial charge >= 0.3 is 0 Å². The molecule has 0 saturated heterocycles. The van der Waals surface area contributed by atoms with E-state index in [1.807, 2.05) is 0 Å². The zero-order valence-electron chi connectivity index (χ0n) is 16.9.